The third-order valence-electron chi connectivity index (χ3n) is 6.27. The van der Waals surface area contributed by atoms with Gasteiger partial charge >= 0.3 is 0 Å². The minimum absolute atomic E-state index is 0.0278. The molecular formula is C24H31N3O. The van der Waals surface area contributed by atoms with Crippen molar-refractivity contribution in [3.05, 3.63) is 64.7 Å². The van der Waals surface area contributed by atoms with Gasteiger partial charge in [0.25, 0.3) is 5.91 Å². The van der Waals surface area contributed by atoms with Gasteiger partial charge in [-0.2, -0.15) is 0 Å². The molecule has 2 aliphatic rings. The fourth-order valence-corrected chi connectivity index (χ4v) is 4.64. The average Bonchev–Trinajstić information content (AvgIpc) is 3.23. The summed E-state index contributed by atoms with van der Waals surface area (Å²) < 4.78 is 0. The minimum atomic E-state index is 0.0278. The number of carbonyl (C=O) groups excluding carboxylic acids is 1. The molecule has 2 aromatic carbocycles. The predicted octanol–water partition coefficient (Wildman–Crippen LogP) is 3.94. The Kier molecular flexibility index (Phi) is 5.67. The lowest BCUT2D eigenvalue weighted by Gasteiger charge is -2.32. The molecule has 2 heterocycles. The van der Waals surface area contributed by atoms with E-state index in [-0.39, 0.29) is 11.9 Å². The number of hydrogen-bond donors (Lipinski definition) is 1. The Morgan fingerprint density at radius 1 is 1.07 bits per heavy atom. The summed E-state index contributed by atoms with van der Waals surface area (Å²) in [6.07, 6.45) is 4.85. The van der Waals surface area contributed by atoms with Gasteiger partial charge in [0, 0.05) is 31.4 Å². The maximum atomic E-state index is 12.8. The van der Waals surface area contributed by atoms with Gasteiger partial charge in [0.2, 0.25) is 0 Å². The Morgan fingerprint density at radius 2 is 1.86 bits per heavy atom. The van der Waals surface area contributed by atoms with E-state index in [2.05, 4.69) is 40.4 Å². The molecule has 0 radical (unpaired) electrons. The molecule has 1 saturated heterocycles. The van der Waals surface area contributed by atoms with Gasteiger partial charge in [0.15, 0.2) is 0 Å². The number of benzene rings is 2. The summed E-state index contributed by atoms with van der Waals surface area (Å²) in [4.78, 5) is 17.6. The highest BCUT2D eigenvalue weighted by molar-refractivity contribution is 5.95. The molecule has 1 atom stereocenters. The predicted molar refractivity (Wildman–Crippen MR) is 115 cm³/mol. The highest BCUT2D eigenvalue weighted by Gasteiger charge is 2.25. The fourth-order valence-electron chi connectivity index (χ4n) is 4.64. The maximum absolute atomic E-state index is 12.8. The third-order valence-corrected chi connectivity index (χ3v) is 6.27. The van der Waals surface area contributed by atoms with Gasteiger partial charge in [-0.3, -0.25) is 9.69 Å². The summed E-state index contributed by atoms with van der Waals surface area (Å²) >= 11 is 0. The lowest BCUT2D eigenvalue weighted by atomic mass is 9.96. The van der Waals surface area contributed by atoms with E-state index in [0.717, 1.165) is 37.2 Å². The smallest absolute Gasteiger partial charge is 0.251 e. The standard InChI is InChI=1S/C24H31N3O/c1-18-8-3-4-10-21(18)24(28)25-17-23(27-14-5-6-15-27)20-11-12-22-19(16-20)9-7-13-26(22)2/h3-4,8,10-12,16,23H,5-7,9,13-15,17H2,1-2H3,(H,25,28)/t23-/m0/s1. The molecule has 0 unspecified atom stereocenters. The third kappa shape index (κ3) is 3.93. The molecule has 0 aromatic heterocycles. The molecule has 4 heteroatoms. The molecule has 2 aromatic rings. The number of nitrogens with zero attached hydrogens (tertiary/aromatic N) is 2. The van der Waals surface area contributed by atoms with E-state index in [9.17, 15) is 4.79 Å². The van der Waals surface area contributed by atoms with Crippen LogP contribution in [0.1, 0.15) is 52.4 Å². The Hall–Kier alpha value is -2.33. The number of carbonyl (C=O) groups is 1. The Bertz CT molecular complexity index is 841. The number of hydrogen-bond acceptors (Lipinski definition) is 3. The van der Waals surface area contributed by atoms with Gasteiger partial charge < -0.3 is 10.2 Å². The molecule has 0 aliphatic carbocycles. The second-order valence-corrected chi connectivity index (χ2v) is 8.20. The summed E-state index contributed by atoms with van der Waals surface area (Å²) in [5.41, 5.74) is 5.94. The normalized spacial score (nSPS) is 18.0. The van der Waals surface area contributed by atoms with Crippen LogP contribution in [0.5, 0.6) is 0 Å². The van der Waals surface area contributed by atoms with Gasteiger partial charge in [-0.1, -0.05) is 30.3 Å². The van der Waals surface area contributed by atoms with Crippen LogP contribution in [0.2, 0.25) is 0 Å². The summed E-state index contributed by atoms with van der Waals surface area (Å²) in [5, 5.41) is 3.21. The lowest BCUT2D eigenvalue weighted by molar-refractivity contribution is 0.0937. The van der Waals surface area contributed by atoms with E-state index in [0.29, 0.717) is 6.54 Å². The van der Waals surface area contributed by atoms with Crippen molar-refractivity contribution in [3.8, 4) is 0 Å². The quantitative estimate of drug-likeness (QED) is 0.857. The van der Waals surface area contributed by atoms with Gasteiger partial charge in [-0.05, 0) is 74.5 Å². The fraction of sp³-hybridized carbons (Fsp3) is 0.458. The first-order valence-corrected chi connectivity index (χ1v) is 10.6. The van der Waals surface area contributed by atoms with E-state index in [1.165, 1.54) is 36.1 Å². The highest BCUT2D eigenvalue weighted by atomic mass is 16.1. The molecule has 28 heavy (non-hydrogen) atoms. The van der Waals surface area contributed by atoms with Crippen LogP contribution in [-0.2, 0) is 6.42 Å². The number of anilines is 1. The van der Waals surface area contributed by atoms with E-state index in [4.69, 9.17) is 0 Å². The van der Waals surface area contributed by atoms with Gasteiger partial charge in [-0.15, -0.1) is 0 Å². The zero-order chi connectivity index (χ0) is 19.5. The summed E-state index contributed by atoms with van der Waals surface area (Å²) in [7, 11) is 2.18. The number of likely N-dealkylation sites (tertiary alicyclic amines) is 1. The number of fused-ring (bicyclic) bond motifs is 1. The molecule has 1 fully saturated rings. The van der Waals surface area contributed by atoms with Crippen molar-refractivity contribution in [2.45, 2.75) is 38.6 Å². The summed E-state index contributed by atoms with van der Waals surface area (Å²) in [6, 6.07) is 15.0. The van der Waals surface area contributed by atoms with Crippen molar-refractivity contribution >= 4 is 11.6 Å². The molecule has 0 saturated carbocycles. The molecule has 1 amide bonds. The van der Waals surface area contributed by atoms with E-state index in [1.807, 2.05) is 31.2 Å². The van der Waals surface area contributed by atoms with Crippen LogP contribution < -0.4 is 10.2 Å². The van der Waals surface area contributed by atoms with Crippen LogP contribution in [0.25, 0.3) is 0 Å². The Labute approximate surface area is 168 Å². The number of amides is 1. The number of rotatable bonds is 5. The van der Waals surface area contributed by atoms with Crippen molar-refractivity contribution in [2.75, 3.05) is 38.1 Å². The van der Waals surface area contributed by atoms with Crippen molar-refractivity contribution in [3.63, 3.8) is 0 Å². The van der Waals surface area contributed by atoms with Crippen molar-refractivity contribution in [1.29, 1.82) is 0 Å². The van der Waals surface area contributed by atoms with Crippen LogP contribution >= 0.6 is 0 Å². The van der Waals surface area contributed by atoms with Crippen molar-refractivity contribution in [2.24, 2.45) is 0 Å². The van der Waals surface area contributed by atoms with Crippen LogP contribution in [0.4, 0.5) is 5.69 Å². The summed E-state index contributed by atoms with van der Waals surface area (Å²) in [6.45, 7) is 6.01. The molecular weight excluding hydrogens is 346 g/mol. The molecule has 4 nitrogen and oxygen atoms in total. The first-order valence-electron chi connectivity index (χ1n) is 10.6. The number of aryl methyl sites for hydroxylation is 2. The van der Waals surface area contributed by atoms with E-state index < -0.39 is 0 Å². The van der Waals surface area contributed by atoms with Gasteiger partial charge in [0.05, 0.1) is 6.04 Å². The first kappa shape index (κ1) is 19.0. The molecule has 148 valence electrons. The second kappa shape index (κ2) is 8.36. The topological polar surface area (TPSA) is 35.6 Å². The number of nitrogens with one attached hydrogen (secondary N) is 1. The Balaban J connectivity index is 1.54. The first-order chi connectivity index (χ1) is 13.6. The minimum Gasteiger partial charge on any atom is -0.374 e. The van der Waals surface area contributed by atoms with Gasteiger partial charge in [0.1, 0.15) is 0 Å². The molecule has 2 aliphatic heterocycles. The zero-order valence-electron chi connectivity index (χ0n) is 17.1. The van der Waals surface area contributed by atoms with E-state index >= 15 is 0 Å². The monoisotopic (exact) mass is 377 g/mol. The average molecular weight is 378 g/mol. The molecule has 0 spiro atoms. The van der Waals surface area contributed by atoms with E-state index in [1.54, 1.807) is 0 Å². The van der Waals surface area contributed by atoms with Crippen LogP contribution in [-0.4, -0.2) is 44.0 Å². The molecule has 1 N–H and O–H groups in total. The van der Waals surface area contributed by atoms with Crippen LogP contribution in [0.15, 0.2) is 42.5 Å². The Morgan fingerprint density at radius 3 is 2.64 bits per heavy atom. The second-order valence-electron chi connectivity index (χ2n) is 8.20. The van der Waals surface area contributed by atoms with Crippen LogP contribution in [0.3, 0.4) is 0 Å². The van der Waals surface area contributed by atoms with Crippen molar-refractivity contribution < 1.29 is 4.79 Å². The van der Waals surface area contributed by atoms with Crippen molar-refractivity contribution in [1.82, 2.24) is 10.2 Å². The van der Waals surface area contributed by atoms with Gasteiger partial charge in [-0.25, -0.2) is 0 Å². The summed E-state index contributed by atoms with van der Waals surface area (Å²) in [5.74, 6) is 0.0278. The maximum Gasteiger partial charge on any atom is 0.251 e. The van der Waals surface area contributed by atoms with Crippen LogP contribution in [0, 0.1) is 6.92 Å². The zero-order valence-corrected chi connectivity index (χ0v) is 17.1. The highest BCUT2D eigenvalue weighted by Crippen LogP contribution is 2.31. The SMILES string of the molecule is Cc1ccccc1C(=O)NC[C@@H](c1ccc2c(c1)CCCN2C)N1CCCC1. The molecule has 4 rings (SSSR count). The lowest BCUT2D eigenvalue weighted by Crippen LogP contribution is -2.37. The largest absolute Gasteiger partial charge is 0.374 e. The molecule has 0 bridgehead atoms.